The zero-order valence-corrected chi connectivity index (χ0v) is 11.4. The van der Waals surface area contributed by atoms with Crippen LogP contribution in [0.15, 0.2) is 5.51 Å². The lowest BCUT2D eigenvalue weighted by atomic mass is 9.72. The highest BCUT2D eigenvalue weighted by Crippen LogP contribution is 2.36. The maximum Gasteiger partial charge on any atom is 0.0797 e. The van der Waals surface area contributed by atoms with Crippen molar-refractivity contribution >= 4 is 11.3 Å². The molecule has 0 saturated carbocycles. The summed E-state index contributed by atoms with van der Waals surface area (Å²) >= 11 is 1.81. The number of hydrogen-bond acceptors (Lipinski definition) is 3. The number of thiazole rings is 1. The van der Waals surface area contributed by atoms with Crippen LogP contribution in [0.2, 0.25) is 0 Å². The summed E-state index contributed by atoms with van der Waals surface area (Å²) in [6.07, 6.45) is 3.89. The minimum Gasteiger partial charge on any atom is -0.316 e. The Morgan fingerprint density at radius 2 is 2.25 bits per heavy atom. The number of rotatable bonds is 5. The average Bonchev–Trinajstić information content (AvgIpc) is 2.55. The fraction of sp³-hybridized carbons (Fsp3) is 0.769. The lowest BCUT2D eigenvalue weighted by Crippen LogP contribution is -2.54. The summed E-state index contributed by atoms with van der Waals surface area (Å²) in [5, 5.41) is 3.44. The molecule has 90 valence electrons. The van der Waals surface area contributed by atoms with Gasteiger partial charge in [0.25, 0.3) is 0 Å². The van der Waals surface area contributed by atoms with Crippen LogP contribution in [-0.4, -0.2) is 18.1 Å². The molecule has 0 radical (unpaired) electrons. The Balaban J connectivity index is 1.90. The van der Waals surface area contributed by atoms with Crippen molar-refractivity contribution < 1.29 is 0 Å². The first kappa shape index (κ1) is 12.1. The van der Waals surface area contributed by atoms with Gasteiger partial charge in [-0.1, -0.05) is 13.8 Å². The fourth-order valence-electron chi connectivity index (χ4n) is 2.71. The minimum atomic E-state index is 0.574. The monoisotopic (exact) mass is 238 g/mol. The SMILES string of the molecule is Cc1ncsc1CCC1(CC(C)C)CNC1. The van der Waals surface area contributed by atoms with E-state index >= 15 is 0 Å². The van der Waals surface area contributed by atoms with Gasteiger partial charge in [0.15, 0.2) is 0 Å². The van der Waals surface area contributed by atoms with Gasteiger partial charge in [-0.25, -0.2) is 4.98 Å². The molecule has 2 heterocycles. The van der Waals surface area contributed by atoms with Crippen LogP contribution in [0, 0.1) is 18.3 Å². The molecule has 1 aliphatic rings. The Morgan fingerprint density at radius 1 is 1.50 bits per heavy atom. The van der Waals surface area contributed by atoms with Gasteiger partial charge < -0.3 is 5.32 Å². The molecule has 0 unspecified atom stereocenters. The molecule has 1 fully saturated rings. The van der Waals surface area contributed by atoms with E-state index in [1.54, 1.807) is 0 Å². The van der Waals surface area contributed by atoms with E-state index in [4.69, 9.17) is 0 Å². The van der Waals surface area contributed by atoms with Crippen molar-refractivity contribution in [3.63, 3.8) is 0 Å². The molecule has 16 heavy (non-hydrogen) atoms. The number of hydrogen-bond donors (Lipinski definition) is 1. The van der Waals surface area contributed by atoms with E-state index in [1.807, 2.05) is 16.8 Å². The fourth-order valence-corrected chi connectivity index (χ4v) is 3.49. The largest absolute Gasteiger partial charge is 0.316 e. The predicted octanol–water partition coefficient (Wildman–Crippen LogP) is 3.02. The first-order valence-electron chi connectivity index (χ1n) is 6.21. The lowest BCUT2D eigenvalue weighted by Gasteiger charge is -2.44. The van der Waals surface area contributed by atoms with Crippen LogP contribution in [0.25, 0.3) is 0 Å². The molecule has 1 aromatic rings. The third kappa shape index (κ3) is 2.64. The first-order chi connectivity index (χ1) is 7.61. The zero-order chi connectivity index (χ0) is 11.6. The second kappa shape index (κ2) is 4.84. The Morgan fingerprint density at radius 3 is 2.69 bits per heavy atom. The topological polar surface area (TPSA) is 24.9 Å². The standard InChI is InChI=1S/C13H22N2S/c1-10(2)6-13(7-14-8-13)5-4-12-11(3)15-9-16-12/h9-10,14H,4-8H2,1-3H3. The summed E-state index contributed by atoms with van der Waals surface area (Å²) in [6.45, 7) is 9.21. The van der Waals surface area contributed by atoms with Crippen molar-refractivity contribution in [1.29, 1.82) is 0 Å². The highest BCUT2D eigenvalue weighted by molar-refractivity contribution is 7.09. The Hall–Kier alpha value is -0.410. The van der Waals surface area contributed by atoms with Crippen LogP contribution in [0.4, 0.5) is 0 Å². The molecular formula is C13H22N2S. The van der Waals surface area contributed by atoms with Crippen molar-refractivity contribution in [1.82, 2.24) is 10.3 Å². The molecule has 0 aliphatic carbocycles. The molecule has 1 aromatic heterocycles. The van der Waals surface area contributed by atoms with Crippen LogP contribution in [0.1, 0.15) is 37.3 Å². The van der Waals surface area contributed by atoms with Crippen molar-refractivity contribution in [2.75, 3.05) is 13.1 Å². The molecule has 0 aromatic carbocycles. The molecule has 0 atom stereocenters. The Bertz CT molecular complexity index is 339. The van der Waals surface area contributed by atoms with Gasteiger partial charge in [-0.15, -0.1) is 11.3 Å². The molecule has 1 N–H and O–H groups in total. The molecule has 0 amide bonds. The predicted molar refractivity (Wildman–Crippen MR) is 69.9 cm³/mol. The molecule has 3 heteroatoms. The molecule has 0 spiro atoms. The second-order valence-corrected chi connectivity index (χ2v) is 6.50. The summed E-state index contributed by atoms with van der Waals surface area (Å²) < 4.78 is 0. The van der Waals surface area contributed by atoms with Crippen LogP contribution >= 0.6 is 11.3 Å². The van der Waals surface area contributed by atoms with Crippen LogP contribution < -0.4 is 5.32 Å². The third-order valence-corrected chi connectivity index (χ3v) is 4.56. The van der Waals surface area contributed by atoms with Gasteiger partial charge in [0.2, 0.25) is 0 Å². The third-order valence-electron chi connectivity index (χ3n) is 3.57. The van der Waals surface area contributed by atoms with E-state index in [0.717, 1.165) is 5.92 Å². The molecular weight excluding hydrogens is 216 g/mol. The van der Waals surface area contributed by atoms with Crippen molar-refractivity contribution in [2.45, 2.75) is 40.0 Å². The maximum atomic E-state index is 4.32. The van der Waals surface area contributed by atoms with E-state index in [2.05, 4.69) is 31.1 Å². The van der Waals surface area contributed by atoms with E-state index in [9.17, 15) is 0 Å². The van der Waals surface area contributed by atoms with Gasteiger partial charge in [-0.05, 0) is 37.5 Å². The van der Waals surface area contributed by atoms with Crippen LogP contribution in [-0.2, 0) is 6.42 Å². The van der Waals surface area contributed by atoms with E-state index < -0.39 is 0 Å². The van der Waals surface area contributed by atoms with Gasteiger partial charge in [0.1, 0.15) is 0 Å². The van der Waals surface area contributed by atoms with Crippen molar-refractivity contribution in [3.05, 3.63) is 16.1 Å². The normalized spacial score (nSPS) is 18.8. The van der Waals surface area contributed by atoms with Gasteiger partial charge >= 0.3 is 0 Å². The van der Waals surface area contributed by atoms with E-state index in [-0.39, 0.29) is 0 Å². The van der Waals surface area contributed by atoms with Crippen molar-refractivity contribution in [3.8, 4) is 0 Å². The Labute approximate surface area is 102 Å². The van der Waals surface area contributed by atoms with E-state index in [0.29, 0.717) is 5.41 Å². The van der Waals surface area contributed by atoms with Gasteiger partial charge in [-0.3, -0.25) is 0 Å². The zero-order valence-electron chi connectivity index (χ0n) is 10.5. The second-order valence-electron chi connectivity index (χ2n) is 5.56. The van der Waals surface area contributed by atoms with Crippen LogP contribution in [0.5, 0.6) is 0 Å². The quantitative estimate of drug-likeness (QED) is 0.853. The minimum absolute atomic E-state index is 0.574. The van der Waals surface area contributed by atoms with Crippen LogP contribution in [0.3, 0.4) is 0 Å². The molecule has 2 rings (SSSR count). The maximum absolute atomic E-state index is 4.32. The number of nitrogens with zero attached hydrogens (tertiary/aromatic N) is 1. The number of nitrogens with one attached hydrogen (secondary N) is 1. The summed E-state index contributed by atoms with van der Waals surface area (Å²) in [7, 11) is 0. The van der Waals surface area contributed by atoms with Gasteiger partial charge in [0.05, 0.1) is 11.2 Å². The Kier molecular flexibility index (Phi) is 3.65. The highest BCUT2D eigenvalue weighted by Gasteiger charge is 2.36. The molecule has 1 saturated heterocycles. The summed E-state index contributed by atoms with van der Waals surface area (Å²) in [4.78, 5) is 5.81. The summed E-state index contributed by atoms with van der Waals surface area (Å²) in [5.41, 5.74) is 3.78. The lowest BCUT2D eigenvalue weighted by molar-refractivity contribution is 0.119. The number of aryl methyl sites for hydroxylation is 2. The average molecular weight is 238 g/mol. The first-order valence-corrected chi connectivity index (χ1v) is 7.09. The summed E-state index contributed by atoms with van der Waals surface area (Å²) in [6, 6.07) is 0. The highest BCUT2D eigenvalue weighted by atomic mass is 32.1. The van der Waals surface area contributed by atoms with Gasteiger partial charge in [-0.2, -0.15) is 0 Å². The van der Waals surface area contributed by atoms with Gasteiger partial charge in [0, 0.05) is 18.0 Å². The smallest absolute Gasteiger partial charge is 0.0797 e. The molecule has 2 nitrogen and oxygen atoms in total. The summed E-state index contributed by atoms with van der Waals surface area (Å²) in [5.74, 6) is 0.810. The van der Waals surface area contributed by atoms with Crippen molar-refractivity contribution in [2.24, 2.45) is 11.3 Å². The number of aromatic nitrogens is 1. The molecule has 1 aliphatic heterocycles. The molecule has 0 bridgehead atoms. The van der Waals surface area contributed by atoms with E-state index in [1.165, 1.54) is 42.9 Å².